The van der Waals surface area contributed by atoms with Crippen molar-refractivity contribution in [1.82, 2.24) is 0 Å². The Morgan fingerprint density at radius 3 is 2.35 bits per heavy atom. The second-order valence-electron chi connectivity index (χ2n) is 4.92. The first-order chi connectivity index (χ1) is 9.42. The van der Waals surface area contributed by atoms with E-state index in [9.17, 15) is 5.11 Å². The van der Waals surface area contributed by atoms with Gasteiger partial charge in [0, 0.05) is 22.0 Å². The molecule has 0 spiro atoms. The molecule has 0 saturated carbocycles. The molecule has 0 radical (unpaired) electrons. The number of methoxy groups -OCH3 is 1. The van der Waals surface area contributed by atoms with Gasteiger partial charge in [-0.15, -0.1) is 0 Å². The van der Waals surface area contributed by atoms with Crippen molar-refractivity contribution in [3.8, 4) is 5.75 Å². The smallest absolute Gasteiger partial charge is 0.118 e. The minimum absolute atomic E-state index is 0.442. The summed E-state index contributed by atoms with van der Waals surface area (Å²) in [5.41, 5.74) is 0.533. The molecule has 2 rings (SSSR count). The summed E-state index contributed by atoms with van der Waals surface area (Å²) in [5, 5.41) is 11.8. The van der Waals surface area contributed by atoms with Gasteiger partial charge in [-0.2, -0.15) is 0 Å². The molecular formula is C16H16Cl2O2. The zero-order valence-electron chi connectivity index (χ0n) is 11.4. The number of hydrogen-bond acceptors (Lipinski definition) is 2. The van der Waals surface area contributed by atoms with Crippen molar-refractivity contribution in [2.24, 2.45) is 0 Å². The van der Waals surface area contributed by atoms with Gasteiger partial charge in [-0.3, -0.25) is 0 Å². The Bertz CT molecular complexity index is 592. The van der Waals surface area contributed by atoms with E-state index in [1.807, 2.05) is 24.3 Å². The number of hydrogen-bond donors (Lipinski definition) is 1. The van der Waals surface area contributed by atoms with Crippen LogP contribution in [-0.4, -0.2) is 12.2 Å². The van der Waals surface area contributed by atoms with Crippen LogP contribution in [0.3, 0.4) is 0 Å². The molecule has 0 aliphatic carbocycles. The lowest BCUT2D eigenvalue weighted by molar-refractivity contribution is 0.0577. The molecule has 0 heterocycles. The molecule has 2 aromatic carbocycles. The van der Waals surface area contributed by atoms with Crippen LogP contribution in [-0.2, 0) is 12.0 Å². The Morgan fingerprint density at radius 1 is 1.10 bits per heavy atom. The Balaban J connectivity index is 2.27. The van der Waals surface area contributed by atoms with Crippen molar-refractivity contribution in [2.45, 2.75) is 18.9 Å². The van der Waals surface area contributed by atoms with Crippen LogP contribution in [0.15, 0.2) is 42.5 Å². The second-order valence-corrected chi connectivity index (χ2v) is 5.77. The first-order valence-corrected chi connectivity index (χ1v) is 6.99. The SMILES string of the molecule is COc1ccc(CC(C)(O)c2cc(Cl)ccc2Cl)cc1. The van der Waals surface area contributed by atoms with Crippen molar-refractivity contribution in [3.05, 3.63) is 63.6 Å². The summed E-state index contributed by atoms with van der Waals surface area (Å²) in [6.07, 6.45) is 0.442. The fourth-order valence-electron chi connectivity index (χ4n) is 2.15. The zero-order valence-corrected chi connectivity index (χ0v) is 12.9. The van der Waals surface area contributed by atoms with E-state index in [1.165, 1.54) is 0 Å². The summed E-state index contributed by atoms with van der Waals surface area (Å²) in [7, 11) is 1.62. The predicted octanol–water partition coefficient (Wildman–Crippen LogP) is 4.45. The van der Waals surface area contributed by atoms with Crippen molar-refractivity contribution in [3.63, 3.8) is 0 Å². The van der Waals surface area contributed by atoms with Crippen molar-refractivity contribution in [2.75, 3.05) is 7.11 Å². The third-order valence-corrected chi connectivity index (χ3v) is 3.78. The maximum absolute atomic E-state index is 10.7. The van der Waals surface area contributed by atoms with Crippen LogP contribution < -0.4 is 4.74 Å². The Morgan fingerprint density at radius 2 is 1.75 bits per heavy atom. The topological polar surface area (TPSA) is 29.5 Å². The average molecular weight is 311 g/mol. The van der Waals surface area contributed by atoms with E-state index >= 15 is 0 Å². The number of aliphatic hydroxyl groups is 1. The van der Waals surface area contributed by atoms with Gasteiger partial charge in [0.1, 0.15) is 5.75 Å². The minimum atomic E-state index is -1.09. The number of benzene rings is 2. The molecule has 2 aromatic rings. The van der Waals surface area contributed by atoms with Crippen LogP contribution in [0.5, 0.6) is 5.75 Å². The van der Waals surface area contributed by atoms with Gasteiger partial charge in [-0.25, -0.2) is 0 Å². The molecule has 106 valence electrons. The van der Waals surface area contributed by atoms with E-state index in [1.54, 1.807) is 32.2 Å². The van der Waals surface area contributed by atoms with Gasteiger partial charge in [0.15, 0.2) is 0 Å². The molecule has 0 fully saturated rings. The molecule has 0 bridgehead atoms. The van der Waals surface area contributed by atoms with Crippen LogP contribution in [0.2, 0.25) is 10.0 Å². The zero-order chi connectivity index (χ0) is 14.8. The lowest BCUT2D eigenvalue weighted by Crippen LogP contribution is -2.24. The van der Waals surface area contributed by atoms with Crippen molar-refractivity contribution >= 4 is 23.2 Å². The van der Waals surface area contributed by atoms with Gasteiger partial charge in [-0.05, 0) is 42.8 Å². The molecule has 0 aromatic heterocycles. The van der Waals surface area contributed by atoms with Gasteiger partial charge >= 0.3 is 0 Å². The fourth-order valence-corrected chi connectivity index (χ4v) is 2.64. The number of rotatable bonds is 4. The van der Waals surface area contributed by atoms with Crippen LogP contribution in [0.1, 0.15) is 18.1 Å². The van der Waals surface area contributed by atoms with Gasteiger partial charge < -0.3 is 9.84 Å². The molecule has 1 atom stereocenters. The van der Waals surface area contributed by atoms with E-state index < -0.39 is 5.60 Å². The molecular weight excluding hydrogens is 295 g/mol. The van der Waals surface area contributed by atoms with E-state index in [0.29, 0.717) is 22.0 Å². The molecule has 20 heavy (non-hydrogen) atoms. The average Bonchev–Trinajstić information content (AvgIpc) is 2.42. The summed E-state index contributed by atoms with van der Waals surface area (Å²) < 4.78 is 5.12. The Hall–Kier alpha value is -1.22. The number of halogens is 2. The molecule has 0 saturated heterocycles. The molecule has 0 amide bonds. The van der Waals surface area contributed by atoms with Crippen molar-refractivity contribution in [1.29, 1.82) is 0 Å². The van der Waals surface area contributed by atoms with E-state index in [-0.39, 0.29) is 0 Å². The fraction of sp³-hybridized carbons (Fsp3) is 0.250. The van der Waals surface area contributed by atoms with Gasteiger partial charge in [-0.1, -0.05) is 35.3 Å². The molecule has 1 N–H and O–H groups in total. The van der Waals surface area contributed by atoms with E-state index in [4.69, 9.17) is 27.9 Å². The van der Waals surface area contributed by atoms with E-state index in [0.717, 1.165) is 11.3 Å². The first kappa shape index (κ1) is 15.2. The highest BCUT2D eigenvalue weighted by molar-refractivity contribution is 6.33. The quantitative estimate of drug-likeness (QED) is 0.904. The van der Waals surface area contributed by atoms with Gasteiger partial charge in [0.25, 0.3) is 0 Å². The molecule has 1 unspecified atom stereocenters. The highest BCUT2D eigenvalue weighted by Crippen LogP contribution is 2.33. The predicted molar refractivity (Wildman–Crippen MR) is 82.7 cm³/mol. The van der Waals surface area contributed by atoms with Crippen LogP contribution >= 0.6 is 23.2 Å². The molecule has 4 heteroatoms. The van der Waals surface area contributed by atoms with E-state index in [2.05, 4.69) is 0 Å². The molecule has 2 nitrogen and oxygen atoms in total. The van der Waals surface area contributed by atoms with Crippen LogP contribution in [0, 0.1) is 0 Å². The van der Waals surface area contributed by atoms with Gasteiger partial charge in [0.2, 0.25) is 0 Å². The summed E-state index contributed by atoms with van der Waals surface area (Å²) >= 11 is 12.1. The van der Waals surface area contributed by atoms with Crippen molar-refractivity contribution < 1.29 is 9.84 Å². The molecule has 0 aliphatic rings. The lowest BCUT2D eigenvalue weighted by atomic mass is 9.89. The highest BCUT2D eigenvalue weighted by atomic mass is 35.5. The lowest BCUT2D eigenvalue weighted by Gasteiger charge is -2.25. The van der Waals surface area contributed by atoms with Gasteiger partial charge in [0.05, 0.1) is 12.7 Å². The second kappa shape index (κ2) is 6.04. The maximum Gasteiger partial charge on any atom is 0.118 e. The monoisotopic (exact) mass is 310 g/mol. The minimum Gasteiger partial charge on any atom is -0.497 e. The van der Waals surface area contributed by atoms with Crippen LogP contribution in [0.4, 0.5) is 0 Å². The normalized spacial score (nSPS) is 13.8. The maximum atomic E-state index is 10.7. The summed E-state index contributed by atoms with van der Waals surface area (Å²) in [6.45, 7) is 1.73. The number of ether oxygens (including phenoxy) is 1. The largest absolute Gasteiger partial charge is 0.497 e. The summed E-state index contributed by atoms with van der Waals surface area (Å²) in [6, 6.07) is 12.7. The Kier molecular flexibility index (Phi) is 4.59. The summed E-state index contributed by atoms with van der Waals surface area (Å²) in [4.78, 5) is 0. The highest BCUT2D eigenvalue weighted by Gasteiger charge is 2.26. The third kappa shape index (κ3) is 3.45. The summed E-state index contributed by atoms with van der Waals surface area (Å²) in [5.74, 6) is 0.786. The van der Waals surface area contributed by atoms with Crippen LogP contribution in [0.25, 0.3) is 0 Å². The Labute approximate surface area is 128 Å². The molecule has 0 aliphatic heterocycles. The standard InChI is InChI=1S/C16H16Cl2O2/c1-16(19,14-9-12(17)5-8-15(14)18)10-11-3-6-13(20-2)7-4-11/h3-9,19H,10H2,1-2H3. The third-order valence-electron chi connectivity index (χ3n) is 3.22. The first-order valence-electron chi connectivity index (χ1n) is 6.23.